The molecule has 0 spiro atoms. The summed E-state index contributed by atoms with van der Waals surface area (Å²) in [4.78, 5) is 12.6. The second-order valence-corrected chi connectivity index (χ2v) is 7.06. The van der Waals surface area contributed by atoms with Gasteiger partial charge >= 0.3 is 0 Å². The van der Waals surface area contributed by atoms with Gasteiger partial charge in [-0.05, 0) is 30.9 Å². The van der Waals surface area contributed by atoms with Gasteiger partial charge in [-0.15, -0.1) is 0 Å². The first-order chi connectivity index (χ1) is 13.2. The number of aliphatic hydroxyl groups is 1. The van der Waals surface area contributed by atoms with E-state index in [0.29, 0.717) is 18.8 Å². The number of ether oxygens (including phenoxy) is 1. The molecule has 4 aromatic heterocycles. The summed E-state index contributed by atoms with van der Waals surface area (Å²) in [5.41, 5.74) is 7.54. The number of fused-ring (bicyclic) bond motifs is 2. The van der Waals surface area contributed by atoms with Crippen LogP contribution in [0.5, 0.6) is 5.75 Å². The summed E-state index contributed by atoms with van der Waals surface area (Å²) in [6.45, 7) is 0.556. The molecule has 0 radical (unpaired) electrons. The average molecular weight is 364 g/mol. The Morgan fingerprint density at radius 1 is 1.15 bits per heavy atom. The van der Waals surface area contributed by atoms with Gasteiger partial charge < -0.3 is 24.5 Å². The van der Waals surface area contributed by atoms with Crippen LogP contribution in [0.3, 0.4) is 0 Å². The number of nitrogens with two attached hydrogens (primary N) is 1. The monoisotopic (exact) mass is 364 g/mol. The summed E-state index contributed by atoms with van der Waals surface area (Å²) < 4.78 is 9.91. The fourth-order valence-corrected chi connectivity index (χ4v) is 3.98. The van der Waals surface area contributed by atoms with E-state index in [-0.39, 0.29) is 12.0 Å². The zero-order chi connectivity index (χ0) is 18.4. The average Bonchev–Trinajstić information content (AvgIpc) is 3.37. The summed E-state index contributed by atoms with van der Waals surface area (Å²) in [6, 6.07) is 5.71. The van der Waals surface area contributed by atoms with Crippen molar-refractivity contribution in [3.63, 3.8) is 0 Å². The zero-order valence-electron chi connectivity index (χ0n) is 14.6. The van der Waals surface area contributed by atoms with Crippen molar-refractivity contribution in [2.45, 2.75) is 25.0 Å². The lowest BCUT2D eigenvalue weighted by atomic mass is 10.1. The van der Waals surface area contributed by atoms with Gasteiger partial charge in [0.05, 0.1) is 24.1 Å². The Morgan fingerprint density at radius 3 is 3.00 bits per heavy atom. The molecule has 8 nitrogen and oxygen atoms in total. The number of pyridine rings is 1. The first kappa shape index (κ1) is 16.1. The van der Waals surface area contributed by atoms with Gasteiger partial charge in [0, 0.05) is 30.9 Å². The van der Waals surface area contributed by atoms with Crippen LogP contribution in [-0.2, 0) is 0 Å². The Morgan fingerprint density at radius 2 is 2.07 bits per heavy atom. The number of hydrogen-bond donors (Lipinski definition) is 2. The minimum Gasteiger partial charge on any atom is -0.493 e. The fraction of sp³-hybridized carbons (Fsp3) is 0.316. The zero-order valence-corrected chi connectivity index (χ0v) is 14.6. The van der Waals surface area contributed by atoms with Crippen molar-refractivity contribution in [3.8, 4) is 5.75 Å². The molecule has 0 aromatic carbocycles. The van der Waals surface area contributed by atoms with Crippen molar-refractivity contribution >= 4 is 22.5 Å². The van der Waals surface area contributed by atoms with Gasteiger partial charge in [-0.25, -0.2) is 15.0 Å². The standard InChI is InChI=1S/C19H20N6O2/c20-18-14-2-5-25(19(14)23-11-22-18)15-7-12(8-16(15)26)10-27-13-1-4-24-6-3-21-17(24)9-13/h1-6,9,11-12,15-16,26H,7-8,10H2,(H2,20,22,23)/t12?,15?,16-/m1/s1. The lowest BCUT2D eigenvalue weighted by Crippen LogP contribution is -2.17. The number of nitrogen functional groups attached to an aromatic ring is 1. The fourth-order valence-electron chi connectivity index (χ4n) is 3.98. The molecule has 3 N–H and O–H groups in total. The van der Waals surface area contributed by atoms with E-state index in [2.05, 4.69) is 15.0 Å². The first-order valence-electron chi connectivity index (χ1n) is 8.99. The molecule has 5 rings (SSSR count). The predicted octanol–water partition coefficient (Wildman–Crippen LogP) is 2.05. The van der Waals surface area contributed by atoms with Crippen LogP contribution in [0.1, 0.15) is 18.9 Å². The third-order valence-corrected chi connectivity index (χ3v) is 5.35. The minimum absolute atomic E-state index is 0.0415. The summed E-state index contributed by atoms with van der Waals surface area (Å²) in [7, 11) is 0. The highest BCUT2D eigenvalue weighted by Crippen LogP contribution is 2.37. The smallest absolute Gasteiger partial charge is 0.145 e. The van der Waals surface area contributed by atoms with E-state index in [0.717, 1.165) is 28.9 Å². The lowest BCUT2D eigenvalue weighted by molar-refractivity contribution is 0.134. The number of nitrogens with zero attached hydrogens (tertiary/aromatic N) is 5. The van der Waals surface area contributed by atoms with E-state index in [1.807, 2.05) is 45.8 Å². The van der Waals surface area contributed by atoms with E-state index in [1.165, 1.54) is 6.33 Å². The molecule has 8 heteroatoms. The maximum atomic E-state index is 10.6. The van der Waals surface area contributed by atoms with Gasteiger partial charge in [0.1, 0.15) is 29.2 Å². The van der Waals surface area contributed by atoms with E-state index in [9.17, 15) is 5.11 Å². The molecular formula is C19H20N6O2. The third-order valence-electron chi connectivity index (χ3n) is 5.35. The molecule has 1 fully saturated rings. The van der Waals surface area contributed by atoms with Gasteiger partial charge in [-0.3, -0.25) is 0 Å². The van der Waals surface area contributed by atoms with Crippen LogP contribution in [-0.4, -0.2) is 41.7 Å². The first-order valence-corrected chi connectivity index (χ1v) is 8.99. The molecule has 27 heavy (non-hydrogen) atoms. The van der Waals surface area contributed by atoms with Gasteiger partial charge in [0.25, 0.3) is 0 Å². The van der Waals surface area contributed by atoms with Crippen molar-refractivity contribution in [2.75, 3.05) is 12.3 Å². The third kappa shape index (κ3) is 2.78. The summed E-state index contributed by atoms with van der Waals surface area (Å²) >= 11 is 0. The molecule has 1 aliphatic carbocycles. The Kier molecular flexibility index (Phi) is 3.71. The van der Waals surface area contributed by atoms with Gasteiger partial charge in [-0.2, -0.15) is 0 Å². The molecule has 1 aliphatic rings. The molecule has 1 saturated carbocycles. The van der Waals surface area contributed by atoms with Crippen molar-refractivity contribution in [2.24, 2.45) is 5.92 Å². The van der Waals surface area contributed by atoms with Crippen molar-refractivity contribution in [1.82, 2.24) is 23.9 Å². The molecule has 4 heterocycles. The van der Waals surface area contributed by atoms with Crippen LogP contribution in [0.4, 0.5) is 5.82 Å². The van der Waals surface area contributed by atoms with Crippen LogP contribution >= 0.6 is 0 Å². The maximum absolute atomic E-state index is 10.6. The van der Waals surface area contributed by atoms with Gasteiger partial charge in [-0.1, -0.05) is 0 Å². The van der Waals surface area contributed by atoms with E-state index >= 15 is 0 Å². The maximum Gasteiger partial charge on any atom is 0.145 e. The number of imidazole rings is 1. The Hall–Kier alpha value is -3.13. The largest absolute Gasteiger partial charge is 0.493 e. The van der Waals surface area contributed by atoms with Crippen molar-refractivity contribution < 1.29 is 9.84 Å². The number of rotatable bonds is 4. The number of hydrogen-bond acceptors (Lipinski definition) is 6. The minimum atomic E-state index is -0.444. The number of aromatic nitrogens is 5. The topological polar surface area (TPSA) is 103 Å². The predicted molar refractivity (Wildman–Crippen MR) is 100 cm³/mol. The molecule has 138 valence electrons. The Balaban J connectivity index is 1.31. The van der Waals surface area contributed by atoms with Crippen LogP contribution in [0.2, 0.25) is 0 Å². The summed E-state index contributed by atoms with van der Waals surface area (Å²) in [6.07, 6.45) is 10.0. The highest BCUT2D eigenvalue weighted by atomic mass is 16.5. The lowest BCUT2D eigenvalue weighted by Gasteiger charge is -2.17. The van der Waals surface area contributed by atoms with E-state index in [1.54, 1.807) is 6.20 Å². The molecular weight excluding hydrogens is 344 g/mol. The van der Waals surface area contributed by atoms with Crippen LogP contribution in [0, 0.1) is 5.92 Å². The summed E-state index contributed by atoms with van der Waals surface area (Å²) in [5, 5.41) is 11.4. The van der Waals surface area contributed by atoms with Crippen LogP contribution in [0.25, 0.3) is 16.7 Å². The van der Waals surface area contributed by atoms with Gasteiger partial charge in [0.15, 0.2) is 0 Å². The molecule has 0 aliphatic heterocycles. The number of aliphatic hydroxyl groups excluding tert-OH is 1. The summed E-state index contributed by atoms with van der Waals surface area (Å²) in [5.74, 6) is 1.51. The quantitative estimate of drug-likeness (QED) is 0.574. The normalized spacial score (nSPS) is 22.6. The number of anilines is 1. The second-order valence-electron chi connectivity index (χ2n) is 7.06. The SMILES string of the molecule is Nc1ncnc2c1ccn2C1CC(COc2ccn3ccnc3c2)C[C@H]1O. The van der Waals surface area contributed by atoms with Crippen LogP contribution < -0.4 is 10.5 Å². The van der Waals surface area contributed by atoms with Gasteiger partial charge in [0.2, 0.25) is 0 Å². The highest BCUT2D eigenvalue weighted by molar-refractivity contribution is 5.86. The van der Waals surface area contributed by atoms with Crippen molar-refractivity contribution in [3.05, 3.63) is 49.3 Å². The molecule has 2 unspecified atom stereocenters. The van der Waals surface area contributed by atoms with E-state index in [4.69, 9.17) is 10.5 Å². The molecule has 0 amide bonds. The van der Waals surface area contributed by atoms with E-state index < -0.39 is 6.10 Å². The molecule has 4 aromatic rings. The van der Waals surface area contributed by atoms with Crippen molar-refractivity contribution in [1.29, 1.82) is 0 Å². The molecule has 0 saturated heterocycles. The highest BCUT2D eigenvalue weighted by Gasteiger charge is 2.35. The molecule has 0 bridgehead atoms. The Bertz CT molecular complexity index is 1100. The Labute approximate surface area is 155 Å². The van der Waals surface area contributed by atoms with Crippen LogP contribution in [0.15, 0.2) is 49.3 Å². The molecule has 3 atom stereocenters. The second kappa shape index (κ2) is 6.24.